The highest BCUT2D eigenvalue weighted by atomic mass is 79.9. The maximum Gasteiger partial charge on any atom is 0.310 e. The minimum Gasteiger partial charge on any atom is -0.496 e. The summed E-state index contributed by atoms with van der Waals surface area (Å²) in [6, 6.07) is 15.0. The zero-order valence-electron chi connectivity index (χ0n) is 16.6. The maximum atomic E-state index is 13.5. The Hall–Kier alpha value is -2.93. The maximum absolute atomic E-state index is 13.5. The number of carbonyl (C=O) groups excluding carboxylic acids is 1. The summed E-state index contributed by atoms with van der Waals surface area (Å²) in [5.41, 5.74) is 3.53. The van der Waals surface area contributed by atoms with Crippen LogP contribution in [0.4, 0.5) is 4.39 Å². The van der Waals surface area contributed by atoms with Crippen molar-refractivity contribution < 1.29 is 18.3 Å². The predicted octanol–water partition coefficient (Wildman–Crippen LogP) is 5.74. The average molecular weight is 471 g/mol. The SMILES string of the molecule is CCc1ccc(C2=NN(C(=O)c3ccc(Br)o3)C(c3ccc(F)cc3)C2)cc1OC. The molecule has 0 saturated heterocycles. The molecule has 0 N–H and O–H groups in total. The predicted molar refractivity (Wildman–Crippen MR) is 115 cm³/mol. The molecule has 2 aromatic carbocycles. The van der Waals surface area contributed by atoms with Crippen molar-refractivity contribution in [3.05, 3.63) is 87.5 Å². The van der Waals surface area contributed by atoms with E-state index in [1.165, 1.54) is 17.1 Å². The molecule has 0 aliphatic carbocycles. The van der Waals surface area contributed by atoms with Gasteiger partial charge in [0.05, 0.1) is 18.9 Å². The molecule has 5 nitrogen and oxygen atoms in total. The van der Waals surface area contributed by atoms with Crippen LogP contribution in [0.3, 0.4) is 0 Å². The quantitative estimate of drug-likeness (QED) is 0.477. The van der Waals surface area contributed by atoms with Crippen LogP contribution in [0.5, 0.6) is 5.75 Å². The lowest BCUT2D eigenvalue weighted by Crippen LogP contribution is -2.26. The lowest BCUT2D eigenvalue weighted by Gasteiger charge is -2.21. The molecular weight excluding hydrogens is 451 g/mol. The lowest BCUT2D eigenvalue weighted by molar-refractivity contribution is 0.0677. The van der Waals surface area contributed by atoms with Gasteiger partial charge >= 0.3 is 5.91 Å². The summed E-state index contributed by atoms with van der Waals surface area (Å²) in [5.74, 6) is 0.279. The average Bonchev–Trinajstić information content (AvgIpc) is 3.40. The second kappa shape index (κ2) is 8.44. The number of ether oxygens (including phenoxy) is 1. The first-order valence-corrected chi connectivity index (χ1v) is 10.4. The van der Waals surface area contributed by atoms with Crippen LogP contribution >= 0.6 is 15.9 Å². The third-order valence-electron chi connectivity index (χ3n) is 5.16. The number of amides is 1. The molecule has 4 rings (SSSR count). The standard InChI is InChI=1S/C23H20BrFN2O3/c1-3-14-4-5-16(12-21(14)29-2)18-13-19(15-6-8-17(25)9-7-15)27(26-18)23(28)20-10-11-22(24)30-20/h4-12,19H,3,13H2,1-2H3. The van der Waals surface area contributed by atoms with Gasteiger partial charge in [-0.05, 0) is 63.8 Å². The molecule has 2 heterocycles. The van der Waals surface area contributed by atoms with E-state index in [0.29, 0.717) is 11.1 Å². The summed E-state index contributed by atoms with van der Waals surface area (Å²) in [6.45, 7) is 2.07. The van der Waals surface area contributed by atoms with Crippen molar-refractivity contribution in [3.63, 3.8) is 0 Å². The van der Waals surface area contributed by atoms with Gasteiger partial charge in [0.2, 0.25) is 0 Å². The summed E-state index contributed by atoms with van der Waals surface area (Å²) in [6.07, 6.45) is 1.35. The van der Waals surface area contributed by atoms with Gasteiger partial charge in [-0.1, -0.05) is 31.2 Å². The van der Waals surface area contributed by atoms with Crippen molar-refractivity contribution in [2.24, 2.45) is 5.10 Å². The van der Waals surface area contributed by atoms with E-state index < -0.39 is 0 Å². The molecule has 0 bridgehead atoms. The summed E-state index contributed by atoms with van der Waals surface area (Å²) >= 11 is 3.23. The van der Waals surface area contributed by atoms with Crippen LogP contribution in [0, 0.1) is 5.82 Å². The topological polar surface area (TPSA) is 55.0 Å². The molecular formula is C23H20BrFN2O3. The van der Waals surface area contributed by atoms with E-state index in [9.17, 15) is 9.18 Å². The zero-order valence-corrected chi connectivity index (χ0v) is 18.1. The molecule has 1 amide bonds. The van der Waals surface area contributed by atoms with E-state index in [-0.39, 0.29) is 23.5 Å². The highest BCUT2D eigenvalue weighted by Crippen LogP contribution is 2.35. The first kappa shape index (κ1) is 20.3. The number of aryl methyl sites for hydroxylation is 1. The molecule has 0 saturated carbocycles. The van der Waals surface area contributed by atoms with Crippen molar-refractivity contribution in [1.29, 1.82) is 0 Å². The number of nitrogens with zero attached hydrogens (tertiary/aromatic N) is 2. The Morgan fingerprint density at radius 2 is 2.00 bits per heavy atom. The molecule has 1 atom stereocenters. The van der Waals surface area contributed by atoms with E-state index >= 15 is 0 Å². The largest absolute Gasteiger partial charge is 0.496 e. The van der Waals surface area contributed by atoms with Gasteiger partial charge in [0.15, 0.2) is 10.4 Å². The molecule has 0 spiro atoms. The van der Waals surface area contributed by atoms with Crippen LogP contribution in [-0.4, -0.2) is 23.7 Å². The number of hydrazone groups is 1. The number of hydrogen-bond acceptors (Lipinski definition) is 4. The van der Waals surface area contributed by atoms with Crippen LogP contribution in [0.25, 0.3) is 0 Å². The van der Waals surface area contributed by atoms with Crippen molar-refractivity contribution in [3.8, 4) is 5.75 Å². The Bertz CT molecular complexity index is 1110. The smallest absolute Gasteiger partial charge is 0.310 e. The van der Waals surface area contributed by atoms with Gasteiger partial charge in [-0.25, -0.2) is 9.40 Å². The number of methoxy groups -OCH3 is 1. The van der Waals surface area contributed by atoms with E-state index in [2.05, 4.69) is 28.0 Å². The monoisotopic (exact) mass is 470 g/mol. The summed E-state index contributed by atoms with van der Waals surface area (Å²) in [5, 5.41) is 6.04. The minimum atomic E-state index is -0.367. The number of furan rings is 1. The van der Waals surface area contributed by atoms with Crippen LogP contribution in [0.1, 0.15) is 46.6 Å². The minimum absolute atomic E-state index is 0.179. The molecule has 7 heteroatoms. The summed E-state index contributed by atoms with van der Waals surface area (Å²) < 4.78 is 24.9. The Balaban J connectivity index is 1.73. The molecule has 0 radical (unpaired) electrons. The van der Waals surface area contributed by atoms with Gasteiger partial charge in [0.1, 0.15) is 11.6 Å². The van der Waals surface area contributed by atoms with Crippen molar-refractivity contribution in [2.45, 2.75) is 25.8 Å². The zero-order chi connectivity index (χ0) is 21.3. The van der Waals surface area contributed by atoms with Crippen molar-refractivity contribution in [2.75, 3.05) is 7.11 Å². The summed E-state index contributed by atoms with van der Waals surface area (Å²) in [4.78, 5) is 13.1. The van der Waals surface area contributed by atoms with Gasteiger partial charge in [0, 0.05) is 12.0 Å². The van der Waals surface area contributed by atoms with Crippen LogP contribution < -0.4 is 4.74 Å². The van der Waals surface area contributed by atoms with E-state index in [1.54, 1.807) is 31.4 Å². The van der Waals surface area contributed by atoms with Gasteiger partial charge in [-0.3, -0.25) is 4.79 Å². The van der Waals surface area contributed by atoms with Gasteiger partial charge in [-0.15, -0.1) is 0 Å². The van der Waals surface area contributed by atoms with Gasteiger partial charge in [0.25, 0.3) is 0 Å². The van der Waals surface area contributed by atoms with E-state index in [1.807, 2.05) is 18.2 Å². The summed E-state index contributed by atoms with van der Waals surface area (Å²) in [7, 11) is 1.64. The fourth-order valence-electron chi connectivity index (χ4n) is 3.57. The number of carbonyl (C=O) groups is 1. The highest BCUT2D eigenvalue weighted by Gasteiger charge is 2.35. The molecule has 1 aliphatic rings. The Morgan fingerprint density at radius 1 is 1.23 bits per heavy atom. The highest BCUT2D eigenvalue weighted by molar-refractivity contribution is 9.10. The molecule has 3 aromatic rings. The van der Waals surface area contributed by atoms with E-state index in [0.717, 1.165) is 34.6 Å². The molecule has 30 heavy (non-hydrogen) atoms. The molecule has 0 fully saturated rings. The molecule has 1 aromatic heterocycles. The fourth-order valence-corrected chi connectivity index (χ4v) is 3.88. The van der Waals surface area contributed by atoms with Crippen LogP contribution in [0.15, 0.2) is 68.8 Å². The van der Waals surface area contributed by atoms with E-state index in [4.69, 9.17) is 9.15 Å². The Labute approximate surface area is 182 Å². The fraction of sp³-hybridized carbons (Fsp3) is 0.217. The van der Waals surface area contributed by atoms with Crippen LogP contribution in [0.2, 0.25) is 0 Å². The second-order valence-corrected chi connectivity index (χ2v) is 7.73. The number of benzene rings is 2. The first-order chi connectivity index (χ1) is 14.5. The van der Waals surface area contributed by atoms with Crippen molar-refractivity contribution >= 4 is 27.5 Å². The third kappa shape index (κ3) is 3.89. The lowest BCUT2D eigenvalue weighted by atomic mass is 9.97. The molecule has 1 aliphatic heterocycles. The Morgan fingerprint density at radius 3 is 2.63 bits per heavy atom. The normalized spacial score (nSPS) is 15.9. The molecule has 154 valence electrons. The number of halogens is 2. The number of hydrogen-bond donors (Lipinski definition) is 0. The van der Waals surface area contributed by atoms with Gasteiger partial charge < -0.3 is 9.15 Å². The van der Waals surface area contributed by atoms with Gasteiger partial charge in [-0.2, -0.15) is 5.10 Å². The second-order valence-electron chi connectivity index (χ2n) is 6.95. The first-order valence-electron chi connectivity index (χ1n) is 9.59. The third-order valence-corrected chi connectivity index (χ3v) is 5.58. The Kier molecular flexibility index (Phi) is 5.72. The molecule has 1 unspecified atom stereocenters. The van der Waals surface area contributed by atoms with Crippen LogP contribution in [-0.2, 0) is 6.42 Å². The number of rotatable bonds is 5. The van der Waals surface area contributed by atoms with Crippen molar-refractivity contribution in [1.82, 2.24) is 5.01 Å².